The van der Waals surface area contributed by atoms with Gasteiger partial charge < -0.3 is 20.5 Å². The van der Waals surface area contributed by atoms with E-state index in [2.05, 4.69) is 15.4 Å². The molecule has 0 aliphatic heterocycles. The van der Waals surface area contributed by atoms with Gasteiger partial charge >= 0.3 is 5.82 Å². The lowest BCUT2D eigenvalue weighted by atomic mass is 9.93. The van der Waals surface area contributed by atoms with E-state index in [-0.39, 0.29) is 18.0 Å². The van der Waals surface area contributed by atoms with E-state index in [4.69, 9.17) is 0 Å². The predicted octanol–water partition coefficient (Wildman–Crippen LogP) is 1.35. The molecule has 106 valence electrons. The molecule has 0 aromatic carbocycles. The van der Waals surface area contributed by atoms with Crippen molar-refractivity contribution in [2.24, 2.45) is 0 Å². The van der Waals surface area contributed by atoms with Crippen LogP contribution in [0.2, 0.25) is 0 Å². The molecule has 0 atom stereocenters. The maximum Gasteiger partial charge on any atom is 0.368 e. The van der Waals surface area contributed by atoms with E-state index in [1.165, 1.54) is 10.7 Å². The number of imidazole rings is 1. The Hall–Kier alpha value is -2.22. The first kappa shape index (κ1) is 12.8. The molecular weight excluding hydrogens is 262 g/mol. The Bertz CT molecular complexity index is 633. The molecule has 8 nitrogen and oxygen atoms in total. The number of nitrogens with zero attached hydrogens (tertiary/aromatic N) is 4. The van der Waals surface area contributed by atoms with Gasteiger partial charge in [-0.1, -0.05) is 9.61 Å². The minimum Gasteiger partial charge on any atom is -0.393 e. The summed E-state index contributed by atoms with van der Waals surface area (Å²) in [6.45, 7) is 0. The second-order valence-electron chi connectivity index (χ2n) is 5.01. The summed E-state index contributed by atoms with van der Waals surface area (Å²) in [5.74, 6) is 0.433. The molecule has 2 heterocycles. The zero-order valence-electron chi connectivity index (χ0n) is 10.8. The summed E-state index contributed by atoms with van der Waals surface area (Å²) in [5, 5.41) is 27.8. The average molecular weight is 277 g/mol. The smallest absolute Gasteiger partial charge is 0.368 e. The van der Waals surface area contributed by atoms with Crippen LogP contribution < -0.4 is 5.32 Å². The van der Waals surface area contributed by atoms with Gasteiger partial charge in [0.05, 0.1) is 6.10 Å². The molecule has 8 heteroatoms. The van der Waals surface area contributed by atoms with Crippen LogP contribution in [0, 0.1) is 10.1 Å². The van der Waals surface area contributed by atoms with Crippen molar-refractivity contribution in [3.8, 4) is 0 Å². The lowest BCUT2D eigenvalue weighted by molar-refractivity contribution is -0.391. The second kappa shape index (κ2) is 5.04. The Morgan fingerprint density at radius 1 is 1.35 bits per heavy atom. The first-order valence-electron chi connectivity index (χ1n) is 6.57. The monoisotopic (exact) mass is 277 g/mol. The lowest BCUT2D eigenvalue weighted by Gasteiger charge is -2.26. The van der Waals surface area contributed by atoms with Gasteiger partial charge in [-0.15, -0.1) is 0 Å². The van der Waals surface area contributed by atoms with Gasteiger partial charge in [0.1, 0.15) is 6.20 Å². The van der Waals surface area contributed by atoms with Crippen molar-refractivity contribution in [3.63, 3.8) is 0 Å². The molecule has 0 unspecified atom stereocenters. The number of hydrogen-bond donors (Lipinski definition) is 2. The van der Waals surface area contributed by atoms with E-state index in [0.717, 1.165) is 25.7 Å². The zero-order valence-corrected chi connectivity index (χ0v) is 10.8. The molecule has 20 heavy (non-hydrogen) atoms. The van der Waals surface area contributed by atoms with Crippen molar-refractivity contribution in [1.29, 1.82) is 0 Å². The summed E-state index contributed by atoms with van der Waals surface area (Å²) in [5.41, 5.74) is 0.446. The van der Waals surface area contributed by atoms with Crippen molar-refractivity contribution < 1.29 is 10.0 Å². The van der Waals surface area contributed by atoms with Crippen LogP contribution in [-0.2, 0) is 0 Å². The predicted molar refractivity (Wildman–Crippen MR) is 71.5 cm³/mol. The average Bonchev–Trinajstić information content (AvgIpc) is 2.84. The van der Waals surface area contributed by atoms with Crippen LogP contribution in [0.15, 0.2) is 18.3 Å². The van der Waals surface area contributed by atoms with Crippen LogP contribution >= 0.6 is 0 Å². The fourth-order valence-electron chi connectivity index (χ4n) is 2.49. The zero-order chi connectivity index (χ0) is 14.1. The first-order valence-corrected chi connectivity index (χ1v) is 6.57. The van der Waals surface area contributed by atoms with E-state index in [9.17, 15) is 15.2 Å². The third-order valence-corrected chi connectivity index (χ3v) is 3.58. The number of hydrogen-bond acceptors (Lipinski definition) is 6. The largest absolute Gasteiger partial charge is 0.393 e. The molecule has 1 aliphatic rings. The molecule has 1 aliphatic carbocycles. The summed E-state index contributed by atoms with van der Waals surface area (Å²) in [7, 11) is 0. The highest BCUT2D eigenvalue weighted by atomic mass is 16.6. The van der Waals surface area contributed by atoms with Gasteiger partial charge in [0.15, 0.2) is 5.82 Å². The molecule has 2 N–H and O–H groups in total. The molecule has 0 spiro atoms. The summed E-state index contributed by atoms with van der Waals surface area (Å²) in [6, 6.07) is 3.70. The number of aliphatic hydroxyl groups is 1. The Morgan fingerprint density at radius 2 is 2.10 bits per heavy atom. The fraction of sp³-hybridized carbons (Fsp3) is 0.500. The maximum atomic E-state index is 10.9. The SMILES string of the molecule is O=[N+]([O-])c1cnc2ccc(NC3CCC(O)CC3)nn12. The highest BCUT2D eigenvalue weighted by molar-refractivity contribution is 5.48. The van der Waals surface area contributed by atoms with Crippen molar-refractivity contribution in [1.82, 2.24) is 14.6 Å². The topological polar surface area (TPSA) is 106 Å². The van der Waals surface area contributed by atoms with Crippen LogP contribution in [0.5, 0.6) is 0 Å². The number of nitro groups is 1. The van der Waals surface area contributed by atoms with Crippen LogP contribution in [0.3, 0.4) is 0 Å². The summed E-state index contributed by atoms with van der Waals surface area (Å²) < 4.78 is 1.22. The normalized spacial score (nSPS) is 22.9. The number of aliphatic hydroxyl groups excluding tert-OH is 1. The van der Waals surface area contributed by atoms with Crippen LogP contribution in [-0.4, -0.2) is 36.8 Å². The Kier molecular flexibility index (Phi) is 3.23. The molecule has 3 rings (SSSR count). The van der Waals surface area contributed by atoms with Crippen molar-refractivity contribution in [3.05, 3.63) is 28.4 Å². The van der Waals surface area contributed by atoms with Gasteiger partial charge in [-0.05, 0) is 36.7 Å². The minimum absolute atomic E-state index is 0.150. The van der Waals surface area contributed by atoms with Crippen molar-refractivity contribution >= 4 is 17.3 Å². The van der Waals surface area contributed by atoms with Crippen LogP contribution in [0.4, 0.5) is 11.6 Å². The summed E-state index contributed by atoms with van der Waals surface area (Å²) >= 11 is 0. The maximum absolute atomic E-state index is 10.9. The molecule has 0 bridgehead atoms. The number of fused-ring (bicyclic) bond motifs is 1. The summed E-state index contributed by atoms with van der Waals surface area (Å²) in [6.07, 6.45) is 4.26. The third-order valence-electron chi connectivity index (χ3n) is 3.58. The van der Waals surface area contributed by atoms with Crippen LogP contribution in [0.25, 0.3) is 5.65 Å². The number of nitrogens with one attached hydrogen (secondary N) is 1. The Balaban J connectivity index is 1.81. The molecule has 1 fully saturated rings. The highest BCUT2D eigenvalue weighted by Crippen LogP contribution is 2.22. The Morgan fingerprint density at radius 3 is 2.80 bits per heavy atom. The standard InChI is InChI=1S/C12H15N5O3/c18-9-3-1-8(2-4-9)14-10-5-6-11-13-7-12(17(19)20)16(11)15-10/h5-9,18H,1-4H2,(H,14,15). The van der Waals surface area contributed by atoms with E-state index < -0.39 is 4.92 Å². The number of aromatic nitrogens is 3. The quantitative estimate of drug-likeness (QED) is 0.648. The van der Waals surface area contributed by atoms with E-state index in [0.29, 0.717) is 11.5 Å². The third kappa shape index (κ3) is 2.42. The first-order chi connectivity index (χ1) is 9.63. The second-order valence-corrected chi connectivity index (χ2v) is 5.01. The molecule has 2 aromatic rings. The number of anilines is 1. The van der Waals surface area contributed by atoms with Gasteiger partial charge in [-0.25, -0.2) is 4.98 Å². The van der Waals surface area contributed by atoms with Gasteiger partial charge in [0.2, 0.25) is 5.65 Å². The molecular formula is C12H15N5O3. The van der Waals surface area contributed by atoms with Gasteiger partial charge in [-0.3, -0.25) is 0 Å². The van der Waals surface area contributed by atoms with Gasteiger partial charge in [0.25, 0.3) is 0 Å². The Labute approximate surface area is 114 Å². The van der Waals surface area contributed by atoms with E-state index in [1.54, 1.807) is 12.1 Å². The highest BCUT2D eigenvalue weighted by Gasteiger charge is 2.21. The summed E-state index contributed by atoms with van der Waals surface area (Å²) in [4.78, 5) is 14.3. The molecule has 2 aromatic heterocycles. The van der Waals surface area contributed by atoms with Gasteiger partial charge in [0, 0.05) is 12.1 Å². The molecule has 1 saturated carbocycles. The lowest BCUT2D eigenvalue weighted by Crippen LogP contribution is -2.28. The number of rotatable bonds is 3. The molecule has 0 saturated heterocycles. The van der Waals surface area contributed by atoms with E-state index >= 15 is 0 Å². The molecule has 0 radical (unpaired) electrons. The van der Waals surface area contributed by atoms with Gasteiger partial charge in [-0.2, -0.15) is 0 Å². The van der Waals surface area contributed by atoms with Crippen molar-refractivity contribution in [2.75, 3.05) is 5.32 Å². The van der Waals surface area contributed by atoms with E-state index in [1.807, 2.05) is 0 Å². The minimum atomic E-state index is -0.506. The van der Waals surface area contributed by atoms with Crippen molar-refractivity contribution in [2.45, 2.75) is 37.8 Å². The fourth-order valence-corrected chi connectivity index (χ4v) is 2.49. The molecule has 0 amide bonds. The van der Waals surface area contributed by atoms with Crippen LogP contribution in [0.1, 0.15) is 25.7 Å².